The lowest BCUT2D eigenvalue weighted by Gasteiger charge is -2.27. The number of sulfone groups is 1. The van der Waals surface area contributed by atoms with Crippen LogP contribution in [0.15, 0.2) is 30.3 Å². The lowest BCUT2D eigenvalue weighted by molar-refractivity contribution is -0.128. The highest BCUT2D eigenvalue weighted by Crippen LogP contribution is 2.32. The van der Waals surface area contributed by atoms with Gasteiger partial charge in [0.1, 0.15) is 0 Å². The quantitative estimate of drug-likeness (QED) is 0.792. The molecule has 1 aliphatic heterocycles. The molecule has 0 bridgehead atoms. The molecule has 1 aromatic carbocycles. The molecule has 0 aromatic heterocycles. The Morgan fingerprint density at radius 2 is 1.82 bits per heavy atom. The first-order valence-electron chi connectivity index (χ1n) is 7.41. The second-order valence-electron chi connectivity index (χ2n) is 5.92. The number of benzene rings is 1. The standard InChI is InChI=1S/C16H18ClNO3S/c17-13-4-1-12(2-5-13)3-8-16(19)18(14-6-7-14)15-9-10-22(20,21)11-15/h1-5,8,14-15H,6-7,9-11H2/b8-3+. The van der Waals surface area contributed by atoms with Crippen molar-refractivity contribution < 1.29 is 13.2 Å². The minimum Gasteiger partial charge on any atom is -0.332 e. The smallest absolute Gasteiger partial charge is 0.247 e. The Morgan fingerprint density at radius 3 is 2.36 bits per heavy atom. The van der Waals surface area contributed by atoms with Crippen LogP contribution in [0.1, 0.15) is 24.8 Å². The number of carbonyl (C=O) groups is 1. The van der Waals surface area contributed by atoms with Gasteiger partial charge in [-0.25, -0.2) is 8.42 Å². The predicted octanol–water partition coefficient (Wildman–Crippen LogP) is 2.53. The summed E-state index contributed by atoms with van der Waals surface area (Å²) in [5.74, 6) is 0.193. The summed E-state index contributed by atoms with van der Waals surface area (Å²) in [4.78, 5) is 14.3. The van der Waals surface area contributed by atoms with Crippen LogP contribution in [-0.4, -0.2) is 42.8 Å². The molecule has 3 rings (SSSR count). The number of rotatable bonds is 4. The summed E-state index contributed by atoms with van der Waals surface area (Å²) < 4.78 is 23.3. The maximum atomic E-state index is 12.5. The maximum Gasteiger partial charge on any atom is 0.247 e. The first-order chi connectivity index (χ1) is 10.4. The van der Waals surface area contributed by atoms with Crippen LogP contribution >= 0.6 is 11.6 Å². The summed E-state index contributed by atoms with van der Waals surface area (Å²) in [6.07, 6.45) is 5.78. The van der Waals surface area contributed by atoms with E-state index in [1.807, 2.05) is 12.1 Å². The van der Waals surface area contributed by atoms with Crippen LogP contribution in [-0.2, 0) is 14.6 Å². The lowest BCUT2D eigenvalue weighted by Crippen LogP contribution is -2.41. The molecule has 22 heavy (non-hydrogen) atoms. The first kappa shape index (κ1) is 15.6. The van der Waals surface area contributed by atoms with Gasteiger partial charge in [0.05, 0.1) is 11.5 Å². The molecule has 1 aromatic rings. The van der Waals surface area contributed by atoms with E-state index in [1.165, 1.54) is 6.08 Å². The monoisotopic (exact) mass is 339 g/mol. The van der Waals surface area contributed by atoms with E-state index in [9.17, 15) is 13.2 Å². The van der Waals surface area contributed by atoms with Crippen molar-refractivity contribution in [2.24, 2.45) is 0 Å². The van der Waals surface area contributed by atoms with Gasteiger partial charge in [-0.05, 0) is 43.0 Å². The molecule has 1 unspecified atom stereocenters. The number of hydrogen-bond acceptors (Lipinski definition) is 3. The Kier molecular flexibility index (Phi) is 4.28. The summed E-state index contributed by atoms with van der Waals surface area (Å²) in [5, 5.41) is 0.652. The van der Waals surface area contributed by atoms with Gasteiger partial charge in [0.2, 0.25) is 5.91 Å². The molecule has 0 radical (unpaired) electrons. The van der Waals surface area contributed by atoms with E-state index in [-0.39, 0.29) is 29.5 Å². The van der Waals surface area contributed by atoms with Gasteiger partial charge >= 0.3 is 0 Å². The largest absolute Gasteiger partial charge is 0.332 e. The van der Waals surface area contributed by atoms with E-state index in [0.29, 0.717) is 11.4 Å². The average Bonchev–Trinajstić information content (AvgIpc) is 3.23. The Morgan fingerprint density at radius 1 is 1.14 bits per heavy atom. The van der Waals surface area contributed by atoms with Gasteiger partial charge in [-0.2, -0.15) is 0 Å². The molecule has 1 aliphatic carbocycles. The molecule has 118 valence electrons. The second-order valence-corrected chi connectivity index (χ2v) is 8.58. The Bertz CT molecular complexity index is 693. The van der Waals surface area contributed by atoms with E-state index in [4.69, 9.17) is 11.6 Å². The van der Waals surface area contributed by atoms with Gasteiger partial charge in [-0.3, -0.25) is 4.79 Å². The molecule has 1 saturated heterocycles. The number of carbonyl (C=O) groups excluding carboxylic acids is 1. The minimum absolute atomic E-state index is 0.0976. The molecule has 2 aliphatic rings. The minimum atomic E-state index is -2.98. The third-order valence-electron chi connectivity index (χ3n) is 4.08. The molecular weight excluding hydrogens is 322 g/mol. The second kappa shape index (κ2) is 6.05. The SMILES string of the molecule is O=C(/C=C/c1ccc(Cl)cc1)N(C1CC1)C1CCS(=O)(=O)C1. The number of nitrogens with zero attached hydrogens (tertiary/aromatic N) is 1. The number of hydrogen-bond donors (Lipinski definition) is 0. The van der Waals surface area contributed by atoms with Crippen LogP contribution in [0.3, 0.4) is 0 Å². The van der Waals surface area contributed by atoms with Crippen molar-refractivity contribution in [2.75, 3.05) is 11.5 Å². The molecule has 1 atom stereocenters. The summed E-state index contributed by atoms with van der Waals surface area (Å²) in [7, 11) is -2.98. The normalized spacial score (nSPS) is 23.8. The van der Waals surface area contributed by atoms with Gasteiger partial charge in [-0.15, -0.1) is 0 Å². The highest BCUT2D eigenvalue weighted by molar-refractivity contribution is 7.91. The average molecular weight is 340 g/mol. The van der Waals surface area contributed by atoms with E-state index in [1.54, 1.807) is 23.1 Å². The first-order valence-corrected chi connectivity index (χ1v) is 9.61. The Hall–Kier alpha value is -1.33. The number of amides is 1. The van der Waals surface area contributed by atoms with Crippen molar-refractivity contribution in [1.29, 1.82) is 0 Å². The molecule has 0 N–H and O–H groups in total. The zero-order chi connectivity index (χ0) is 15.7. The van der Waals surface area contributed by atoms with E-state index in [0.717, 1.165) is 18.4 Å². The Labute approximate surface area is 135 Å². The van der Waals surface area contributed by atoms with Crippen LogP contribution in [0.25, 0.3) is 6.08 Å². The third kappa shape index (κ3) is 3.70. The predicted molar refractivity (Wildman–Crippen MR) is 87.4 cm³/mol. The molecule has 2 fully saturated rings. The third-order valence-corrected chi connectivity index (χ3v) is 6.09. The molecule has 1 heterocycles. The van der Waals surface area contributed by atoms with Crippen molar-refractivity contribution in [3.63, 3.8) is 0 Å². The van der Waals surface area contributed by atoms with Crippen LogP contribution < -0.4 is 0 Å². The number of halogens is 1. The lowest BCUT2D eigenvalue weighted by atomic mass is 10.2. The molecule has 1 saturated carbocycles. The van der Waals surface area contributed by atoms with Gasteiger partial charge in [0.25, 0.3) is 0 Å². The summed E-state index contributed by atoms with van der Waals surface area (Å²) in [6, 6.07) is 7.27. The summed E-state index contributed by atoms with van der Waals surface area (Å²) in [5.41, 5.74) is 0.896. The van der Waals surface area contributed by atoms with E-state index >= 15 is 0 Å². The van der Waals surface area contributed by atoms with Crippen LogP contribution in [0, 0.1) is 0 Å². The van der Waals surface area contributed by atoms with Gasteiger partial charge in [0.15, 0.2) is 9.84 Å². The van der Waals surface area contributed by atoms with Crippen molar-refractivity contribution in [2.45, 2.75) is 31.3 Å². The molecular formula is C16H18ClNO3S. The highest BCUT2D eigenvalue weighted by Gasteiger charge is 2.41. The van der Waals surface area contributed by atoms with E-state index in [2.05, 4.69) is 0 Å². The highest BCUT2D eigenvalue weighted by atomic mass is 35.5. The van der Waals surface area contributed by atoms with Crippen molar-refractivity contribution >= 4 is 33.4 Å². The maximum absolute atomic E-state index is 12.5. The summed E-state index contributed by atoms with van der Waals surface area (Å²) >= 11 is 5.83. The fourth-order valence-corrected chi connectivity index (χ4v) is 4.67. The molecule has 1 amide bonds. The molecule has 4 nitrogen and oxygen atoms in total. The summed E-state index contributed by atoms with van der Waals surface area (Å²) in [6.45, 7) is 0. The van der Waals surface area contributed by atoms with E-state index < -0.39 is 9.84 Å². The molecule has 6 heteroatoms. The van der Waals surface area contributed by atoms with Crippen LogP contribution in [0.5, 0.6) is 0 Å². The van der Waals surface area contributed by atoms with Crippen LogP contribution in [0.4, 0.5) is 0 Å². The van der Waals surface area contributed by atoms with Crippen molar-refractivity contribution in [3.05, 3.63) is 40.9 Å². The zero-order valence-corrected chi connectivity index (χ0v) is 13.7. The topological polar surface area (TPSA) is 54.5 Å². The van der Waals surface area contributed by atoms with Gasteiger partial charge < -0.3 is 4.90 Å². The van der Waals surface area contributed by atoms with Crippen molar-refractivity contribution in [3.8, 4) is 0 Å². The zero-order valence-electron chi connectivity index (χ0n) is 12.1. The van der Waals surface area contributed by atoms with Gasteiger partial charge in [-0.1, -0.05) is 23.7 Å². The fraction of sp³-hybridized carbons (Fsp3) is 0.438. The Balaban J connectivity index is 1.72. The van der Waals surface area contributed by atoms with Crippen molar-refractivity contribution in [1.82, 2.24) is 4.90 Å². The fourth-order valence-electron chi connectivity index (χ4n) is 2.83. The van der Waals surface area contributed by atoms with Gasteiger partial charge in [0, 0.05) is 23.2 Å². The van der Waals surface area contributed by atoms with Crippen LogP contribution in [0.2, 0.25) is 5.02 Å². The molecule has 0 spiro atoms.